The lowest BCUT2D eigenvalue weighted by Crippen LogP contribution is -2.42. The quantitative estimate of drug-likeness (QED) is 0.438. The number of imidazole rings is 1. The molecule has 174 valence electrons. The highest BCUT2D eigenvalue weighted by atomic mass is 16.4. The summed E-state index contributed by atoms with van der Waals surface area (Å²) in [6, 6.07) is 13.2. The van der Waals surface area contributed by atoms with Crippen LogP contribution in [0.5, 0.6) is 0 Å². The van der Waals surface area contributed by atoms with Crippen LogP contribution in [0.3, 0.4) is 0 Å². The molecule has 1 aliphatic heterocycles. The molecule has 9 heteroatoms. The minimum absolute atomic E-state index is 0.0214. The zero-order chi connectivity index (χ0) is 23.7. The number of hydrogen-bond donors (Lipinski definition) is 2. The molecule has 0 spiro atoms. The topological polar surface area (TPSA) is 124 Å². The SMILES string of the molecule is CC(C)C(NC(=O)C1CCN(c2oc(-c3ccco3)nc2C#N)CC1)c1nc2ccccc2[nH]1. The molecule has 9 nitrogen and oxygen atoms in total. The zero-order valence-corrected chi connectivity index (χ0v) is 19.1. The van der Waals surface area contributed by atoms with Crippen molar-refractivity contribution in [3.05, 3.63) is 54.2 Å². The minimum Gasteiger partial charge on any atom is -0.459 e. The number of para-hydroxylation sites is 2. The molecule has 0 radical (unpaired) electrons. The molecule has 3 aromatic heterocycles. The number of benzene rings is 1. The number of amides is 1. The Morgan fingerprint density at radius 1 is 1.21 bits per heavy atom. The van der Waals surface area contributed by atoms with E-state index in [1.54, 1.807) is 12.1 Å². The summed E-state index contributed by atoms with van der Waals surface area (Å²) in [6.45, 7) is 5.34. The molecule has 0 saturated carbocycles. The first kappa shape index (κ1) is 21.8. The Bertz CT molecular complexity index is 1290. The average Bonchev–Trinajstić information content (AvgIpc) is 3.61. The number of anilines is 1. The molecule has 2 N–H and O–H groups in total. The highest BCUT2D eigenvalue weighted by Crippen LogP contribution is 2.32. The number of furan rings is 1. The van der Waals surface area contributed by atoms with Crippen molar-refractivity contribution < 1.29 is 13.6 Å². The molecule has 0 bridgehead atoms. The van der Waals surface area contributed by atoms with Crippen molar-refractivity contribution in [3.8, 4) is 17.7 Å². The van der Waals surface area contributed by atoms with Gasteiger partial charge in [-0.1, -0.05) is 26.0 Å². The van der Waals surface area contributed by atoms with Gasteiger partial charge in [0.2, 0.25) is 17.5 Å². The van der Waals surface area contributed by atoms with Gasteiger partial charge in [-0.05, 0) is 43.0 Å². The van der Waals surface area contributed by atoms with Crippen LogP contribution in [0.1, 0.15) is 44.2 Å². The number of nitriles is 1. The Morgan fingerprint density at radius 3 is 2.68 bits per heavy atom. The summed E-state index contributed by atoms with van der Waals surface area (Å²) in [5.74, 6) is 2.03. The van der Waals surface area contributed by atoms with Crippen LogP contribution < -0.4 is 10.2 Å². The summed E-state index contributed by atoms with van der Waals surface area (Å²) in [7, 11) is 0. The van der Waals surface area contributed by atoms with Crippen LogP contribution in [0.4, 0.5) is 5.88 Å². The summed E-state index contributed by atoms with van der Waals surface area (Å²) in [6.07, 6.45) is 2.84. The monoisotopic (exact) mass is 458 g/mol. The van der Waals surface area contributed by atoms with E-state index in [2.05, 4.69) is 35.2 Å². The van der Waals surface area contributed by atoms with Crippen LogP contribution in [0.2, 0.25) is 0 Å². The summed E-state index contributed by atoms with van der Waals surface area (Å²) in [5.41, 5.74) is 2.07. The molecule has 5 rings (SSSR count). The fourth-order valence-corrected chi connectivity index (χ4v) is 4.39. The van der Waals surface area contributed by atoms with Gasteiger partial charge in [0.1, 0.15) is 11.9 Å². The van der Waals surface area contributed by atoms with E-state index in [0.29, 0.717) is 37.6 Å². The maximum absolute atomic E-state index is 13.2. The van der Waals surface area contributed by atoms with Gasteiger partial charge in [0.25, 0.3) is 5.89 Å². The third-order valence-corrected chi connectivity index (χ3v) is 6.27. The van der Waals surface area contributed by atoms with Crippen molar-refractivity contribution in [1.82, 2.24) is 20.3 Å². The van der Waals surface area contributed by atoms with Gasteiger partial charge in [-0.25, -0.2) is 4.98 Å². The highest BCUT2D eigenvalue weighted by Gasteiger charge is 2.31. The second-order valence-electron chi connectivity index (χ2n) is 8.89. The van der Waals surface area contributed by atoms with E-state index in [4.69, 9.17) is 13.8 Å². The van der Waals surface area contributed by atoms with Gasteiger partial charge in [-0.2, -0.15) is 10.2 Å². The van der Waals surface area contributed by atoms with Crippen LogP contribution in [0, 0.1) is 23.2 Å². The number of oxazole rings is 1. The van der Waals surface area contributed by atoms with Crippen LogP contribution >= 0.6 is 0 Å². The van der Waals surface area contributed by atoms with Crippen LogP contribution in [-0.2, 0) is 4.79 Å². The first-order valence-electron chi connectivity index (χ1n) is 11.5. The van der Waals surface area contributed by atoms with Gasteiger partial charge in [0.05, 0.1) is 23.3 Å². The molecule has 1 saturated heterocycles. The number of fused-ring (bicyclic) bond motifs is 1. The normalized spacial score (nSPS) is 15.5. The Morgan fingerprint density at radius 2 is 2.00 bits per heavy atom. The van der Waals surface area contributed by atoms with E-state index in [0.717, 1.165) is 16.9 Å². The van der Waals surface area contributed by atoms with Gasteiger partial charge >= 0.3 is 0 Å². The summed E-state index contributed by atoms with van der Waals surface area (Å²) in [4.78, 5) is 27.4. The highest BCUT2D eigenvalue weighted by molar-refractivity contribution is 5.80. The van der Waals surface area contributed by atoms with Crippen molar-refractivity contribution in [2.75, 3.05) is 18.0 Å². The largest absolute Gasteiger partial charge is 0.459 e. The van der Waals surface area contributed by atoms with Gasteiger partial charge in [-0.15, -0.1) is 0 Å². The Kier molecular flexibility index (Phi) is 5.80. The van der Waals surface area contributed by atoms with E-state index in [1.807, 2.05) is 29.2 Å². The Hall–Kier alpha value is -4.06. The molecule has 1 fully saturated rings. The molecule has 0 aliphatic carbocycles. The number of nitrogens with zero attached hydrogens (tertiary/aromatic N) is 4. The van der Waals surface area contributed by atoms with Crippen molar-refractivity contribution in [2.24, 2.45) is 11.8 Å². The third-order valence-electron chi connectivity index (χ3n) is 6.27. The molecule has 4 heterocycles. The van der Waals surface area contributed by atoms with E-state index in [1.165, 1.54) is 6.26 Å². The van der Waals surface area contributed by atoms with E-state index in [-0.39, 0.29) is 35.4 Å². The summed E-state index contributed by atoms with van der Waals surface area (Å²) >= 11 is 0. The second kappa shape index (κ2) is 9.06. The second-order valence-corrected chi connectivity index (χ2v) is 8.89. The Labute approximate surface area is 196 Å². The number of nitrogens with one attached hydrogen (secondary N) is 2. The van der Waals surface area contributed by atoms with Gasteiger partial charge in [0, 0.05) is 19.0 Å². The molecule has 1 aliphatic rings. The first-order chi connectivity index (χ1) is 16.5. The van der Waals surface area contributed by atoms with E-state index >= 15 is 0 Å². The standard InChI is InChI=1S/C25H26N6O3/c1-15(2)21(22-27-17-6-3-4-7-18(17)28-22)30-23(32)16-9-11-31(12-10-16)25-19(14-26)29-24(34-25)20-8-5-13-33-20/h3-8,13,15-16,21H,9-12H2,1-2H3,(H,27,28)(H,30,32). The number of hydrogen-bond acceptors (Lipinski definition) is 7. The molecular formula is C25H26N6O3. The van der Waals surface area contributed by atoms with Gasteiger partial charge in [-0.3, -0.25) is 4.79 Å². The van der Waals surface area contributed by atoms with E-state index < -0.39 is 0 Å². The molecule has 4 aromatic rings. The predicted octanol–water partition coefficient (Wildman–Crippen LogP) is 4.41. The Balaban J connectivity index is 1.25. The van der Waals surface area contributed by atoms with Crippen molar-refractivity contribution in [2.45, 2.75) is 32.7 Å². The maximum Gasteiger partial charge on any atom is 0.266 e. The molecule has 34 heavy (non-hydrogen) atoms. The number of aromatic nitrogens is 3. The number of piperidine rings is 1. The average molecular weight is 459 g/mol. The lowest BCUT2D eigenvalue weighted by molar-refractivity contribution is -0.126. The fourth-order valence-electron chi connectivity index (χ4n) is 4.39. The number of rotatable bonds is 6. The lowest BCUT2D eigenvalue weighted by atomic mass is 9.94. The van der Waals surface area contributed by atoms with Crippen molar-refractivity contribution in [1.29, 1.82) is 5.26 Å². The fraction of sp³-hybridized carbons (Fsp3) is 0.360. The molecule has 1 unspecified atom stereocenters. The van der Waals surface area contributed by atoms with Crippen molar-refractivity contribution >= 4 is 22.8 Å². The minimum atomic E-state index is -0.201. The summed E-state index contributed by atoms with van der Waals surface area (Å²) in [5, 5.41) is 12.7. The predicted molar refractivity (Wildman–Crippen MR) is 126 cm³/mol. The van der Waals surface area contributed by atoms with E-state index in [9.17, 15) is 10.1 Å². The van der Waals surface area contributed by atoms with Gasteiger partial charge < -0.3 is 24.0 Å². The maximum atomic E-state index is 13.2. The number of H-pyrrole nitrogens is 1. The third kappa shape index (κ3) is 4.15. The number of carbonyl (C=O) groups is 1. The zero-order valence-electron chi connectivity index (χ0n) is 19.1. The van der Waals surface area contributed by atoms with Crippen LogP contribution in [-0.4, -0.2) is 33.9 Å². The smallest absolute Gasteiger partial charge is 0.266 e. The summed E-state index contributed by atoms with van der Waals surface area (Å²) < 4.78 is 11.2. The molecular weight excluding hydrogens is 432 g/mol. The van der Waals surface area contributed by atoms with Gasteiger partial charge in [0.15, 0.2) is 5.76 Å². The first-order valence-corrected chi connectivity index (χ1v) is 11.5. The van der Waals surface area contributed by atoms with Crippen LogP contribution in [0.25, 0.3) is 22.7 Å². The number of aromatic amines is 1. The lowest BCUT2D eigenvalue weighted by Gasteiger charge is -2.32. The van der Waals surface area contributed by atoms with Crippen molar-refractivity contribution in [3.63, 3.8) is 0 Å². The number of carbonyl (C=O) groups excluding carboxylic acids is 1. The molecule has 1 atom stereocenters. The molecule has 1 aromatic carbocycles. The molecule has 1 amide bonds. The van der Waals surface area contributed by atoms with Crippen LogP contribution in [0.15, 0.2) is 51.5 Å².